The molecule has 4 aromatic rings. The third-order valence-electron chi connectivity index (χ3n) is 7.19. The van der Waals surface area contributed by atoms with Crippen LogP contribution in [0.2, 0.25) is 0 Å². The summed E-state index contributed by atoms with van der Waals surface area (Å²) in [6.45, 7) is 14.1. The second kappa shape index (κ2) is 12.2. The molecule has 0 spiro atoms. The van der Waals surface area contributed by atoms with Crippen LogP contribution in [0.5, 0.6) is 23.0 Å². The van der Waals surface area contributed by atoms with Crippen molar-refractivity contribution in [3.63, 3.8) is 0 Å². The van der Waals surface area contributed by atoms with Crippen LogP contribution in [0, 0.1) is 0 Å². The second-order valence-electron chi connectivity index (χ2n) is 12.0. The van der Waals surface area contributed by atoms with E-state index in [2.05, 4.69) is 84.0 Å². The van der Waals surface area contributed by atoms with E-state index in [1.807, 2.05) is 36.4 Å². The molecule has 5 heteroatoms. The zero-order valence-electron chi connectivity index (χ0n) is 26.1. The first-order valence-electron chi connectivity index (χ1n) is 13.9. The van der Waals surface area contributed by atoms with E-state index in [4.69, 9.17) is 18.9 Å². The summed E-state index contributed by atoms with van der Waals surface area (Å²) in [6, 6.07) is 27.0. The molecule has 216 valence electrons. The van der Waals surface area contributed by atoms with Crippen molar-refractivity contribution in [2.45, 2.75) is 51.9 Å². The van der Waals surface area contributed by atoms with Gasteiger partial charge in [0.1, 0.15) is 23.0 Å². The number of benzene rings is 4. The maximum Gasteiger partial charge on any atom is 0.138 e. The van der Waals surface area contributed by atoms with Crippen molar-refractivity contribution in [3.05, 3.63) is 78.9 Å². The summed E-state index contributed by atoms with van der Waals surface area (Å²) in [5, 5.41) is 1.45. The highest BCUT2D eigenvalue weighted by Crippen LogP contribution is 2.61. The minimum atomic E-state index is -0.624. The van der Waals surface area contributed by atoms with Gasteiger partial charge in [0, 0.05) is 22.3 Å². The van der Waals surface area contributed by atoms with Crippen LogP contribution in [-0.2, 0) is 0 Å². The Morgan fingerprint density at radius 2 is 0.854 bits per heavy atom. The summed E-state index contributed by atoms with van der Waals surface area (Å²) in [6.07, 6.45) is 0. The average Bonchev–Trinajstić information content (AvgIpc) is 2.94. The van der Waals surface area contributed by atoms with Crippen LogP contribution in [0.4, 0.5) is 0 Å². The maximum absolute atomic E-state index is 6.32. The van der Waals surface area contributed by atoms with Crippen LogP contribution in [0.1, 0.15) is 41.5 Å². The summed E-state index contributed by atoms with van der Waals surface area (Å²) in [5.41, 5.74) is 5.78. The van der Waals surface area contributed by atoms with Crippen molar-refractivity contribution in [1.29, 1.82) is 0 Å². The first kappa shape index (κ1) is 30.5. The van der Waals surface area contributed by atoms with Crippen molar-refractivity contribution < 1.29 is 18.9 Å². The van der Waals surface area contributed by atoms with E-state index in [1.54, 1.807) is 28.4 Å². The largest absolute Gasteiger partial charge is 0.496 e. The molecular weight excluding hydrogens is 527 g/mol. The van der Waals surface area contributed by atoms with Crippen molar-refractivity contribution in [2.75, 3.05) is 28.4 Å². The van der Waals surface area contributed by atoms with Gasteiger partial charge in [0.05, 0.1) is 34.0 Å². The Balaban J connectivity index is 2.23. The van der Waals surface area contributed by atoms with Gasteiger partial charge < -0.3 is 18.9 Å². The van der Waals surface area contributed by atoms with Gasteiger partial charge in [-0.25, -0.2) is 0 Å². The Kier molecular flexibility index (Phi) is 9.04. The Bertz CT molecular complexity index is 1420. The fourth-order valence-corrected chi connectivity index (χ4v) is 10.2. The SMILES string of the molecule is COc1ccccc1-c1cc(-c2ccccc2OC)c(OC)c(-c2ccccc2P(C(C)(C)C)C(C)(C)C)c1OC. The van der Waals surface area contributed by atoms with Crippen molar-refractivity contribution in [2.24, 2.45) is 0 Å². The molecule has 0 unspecified atom stereocenters. The number of hydrogen-bond acceptors (Lipinski definition) is 4. The number of para-hydroxylation sites is 2. The third-order valence-corrected chi connectivity index (χ3v) is 10.7. The standard InChI is InChI=1S/C36H43O4P/c1-35(2,3)41(36(4,5)6)31-22-16-13-19-26(31)32-33(39-9)27(24-17-11-14-20-29(24)37-7)23-28(34(32)40-10)25-18-12-15-21-30(25)38-8/h11-23H,1-10H3. The zero-order chi connectivity index (χ0) is 29.9. The topological polar surface area (TPSA) is 36.9 Å². The van der Waals surface area contributed by atoms with E-state index < -0.39 is 7.92 Å². The predicted octanol–water partition coefficient (Wildman–Crippen LogP) is 9.43. The molecule has 0 aliphatic heterocycles. The second-order valence-corrected chi connectivity index (χ2v) is 15.8. The van der Waals surface area contributed by atoms with Crippen LogP contribution in [-0.4, -0.2) is 38.8 Å². The van der Waals surface area contributed by atoms with Crippen LogP contribution in [0.15, 0.2) is 78.9 Å². The molecule has 0 atom stereocenters. The minimum absolute atomic E-state index is 0.0654. The summed E-state index contributed by atoms with van der Waals surface area (Å²) in [5.74, 6) is 3.03. The van der Waals surface area contributed by atoms with Gasteiger partial charge >= 0.3 is 0 Å². The van der Waals surface area contributed by atoms with Crippen molar-refractivity contribution >= 4 is 13.2 Å². The predicted molar refractivity (Wildman–Crippen MR) is 175 cm³/mol. The number of methoxy groups -OCH3 is 4. The molecule has 0 bridgehead atoms. The van der Waals surface area contributed by atoms with Crippen LogP contribution < -0.4 is 24.3 Å². The Hall–Kier alpha value is -3.49. The highest BCUT2D eigenvalue weighted by atomic mass is 31.1. The highest BCUT2D eigenvalue weighted by molar-refractivity contribution is 7.68. The zero-order valence-corrected chi connectivity index (χ0v) is 27.0. The molecule has 0 aromatic heterocycles. The monoisotopic (exact) mass is 570 g/mol. The van der Waals surface area contributed by atoms with E-state index in [-0.39, 0.29) is 10.3 Å². The lowest BCUT2D eigenvalue weighted by Gasteiger charge is -2.43. The third kappa shape index (κ3) is 5.95. The lowest BCUT2D eigenvalue weighted by Crippen LogP contribution is -2.32. The quantitative estimate of drug-likeness (QED) is 0.198. The molecule has 0 saturated heterocycles. The lowest BCUT2D eigenvalue weighted by molar-refractivity contribution is 0.397. The van der Waals surface area contributed by atoms with Gasteiger partial charge in [-0.1, -0.05) is 110 Å². The summed E-state index contributed by atoms with van der Waals surface area (Å²) >= 11 is 0. The van der Waals surface area contributed by atoms with Gasteiger partial charge in [-0.05, 0) is 39.4 Å². The first-order valence-corrected chi connectivity index (χ1v) is 15.3. The summed E-state index contributed by atoms with van der Waals surface area (Å²) < 4.78 is 24.3. The normalized spacial score (nSPS) is 11.9. The number of ether oxygens (including phenoxy) is 4. The fraction of sp³-hybridized carbons (Fsp3) is 0.333. The molecule has 0 aliphatic carbocycles. The van der Waals surface area contributed by atoms with Gasteiger partial charge in [0.15, 0.2) is 0 Å². The molecule has 4 nitrogen and oxygen atoms in total. The van der Waals surface area contributed by atoms with Gasteiger partial charge in [-0.3, -0.25) is 0 Å². The number of rotatable bonds is 8. The van der Waals surface area contributed by atoms with Crippen LogP contribution >= 0.6 is 7.92 Å². The minimum Gasteiger partial charge on any atom is -0.496 e. The molecule has 4 aromatic carbocycles. The van der Waals surface area contributed by atoms with E-state index in [1.165, 1.54) is 5.30 Å². The molecule has 0 fully saturated rings. The highest BCUT2D eigenvalue weighted by Gasteiger charge is 2.38. The van der Waals surface area contributed by atoms with Gasteiger partial charge in [0.2, 0.25) is 0 Å². The molecule has 0 saturated carbocycles. The van der Waals surface area contributed by atoms with Crippen molar-refractivity contribution in [3.8, 4) is 56.4 Å². The van der Waals surface area contributed by atoms with E-state index in [0.29, 0.717) is 0 Å². The molecule has 0 radical (unpaired) electrons. The Labute approximate surface area is 247 Å². The summed E-state index contributed by atoms with van der Waals surface area (Å²) in [4.78, 5) is 0. The van der Waals surface area contributed by atoms with Gasteiger partial charge in [0.25, 0.3) is 0 Å². The van der Waals surface area contributed by atoms with E-state index in [9.17, 15) is 0 Å². The molecule has 0 aliphatic rings. The molecule has 41 heavy (non-hydrogen) atoms. The Morgan fingerprint density at radius 3 is 1.24 bits per heavy atom. The van der Waals surface area contributed by atoms with Gasteiger partial charge in [-0.2, -0.15) is 0 Å². The molecular formula is C36H43O4P. The summed E-state index contributed by atoms with van der Waals surface area (Å²) in [7, 11) is 6.25. The molecule has 0 amide bonds. The number of hydrogen-bond donors (Lipinski definition) is 0. The molecule has 0 N–H and O–H groups in total. The first-order chi connectivity index (χ1) is 19.5. The van der Waals surface area contributed by atoms with Crippen LogP contribution in [0.3, 0.4) is 0 Å². The lowest BCUT2D eigenvalue weighted by atomic mass is 9.90. The Morgan fingerprint density at radius 1 is 0.463 bits per heavy atom. The van der Waals surface area contributed by atoms with E-state index in [0.717, 1.165) is 56.4 Å². The van der Waals surface area contributed by atoms with E-state index >= 15 is 0 Å². The fourth-order valence-electron chi connectivity index (χ4n) is 6.06. The molecule has 4 rings (SSSR count). The molecule has 0 heterocycles. The average molecular weight is 571 g/mol. The maximum atomic E-state index is 6.32. The van der Waals surface area contributed by atoms with Crippen LogP contribution in [0.25, 0.3) is 33.4 Å². The van der Waals surface area contributed by atoms with Gasteiger partial charge in [-0.15, -0.1) is 0 Å². The van der Waals surface area contributed by atoms with Crippen molar-refractivity contribution in [1.82, 2.24) is 0 Å². The smallest absolute Gasteiger partial charge is 0.138 e.